The third-order valence-corrected chi connectivity index (χ3v) is 4.38. The Hall–Kier alpha value is 0.270. The molecule has 2 nitrogen and oxygen atoms in total. The molecule has 1 rings (SSSR count). The van der Waals surface area contributed by atoms with Gasteiger partial charge in [0.05, 0.1) is 0 Å². The van der Waals surface area contributed by atoms with E-state index >= 15 is 0 Å². The minimum absolute atomic E-state index is 0.681. The van der Waals surface area contributed by atoms with Crippen LogP contribution in [0.25, 0.3) is 0 Å². The van der Waals surface area contributed by atoms with E-state index in [1.807, 2.05) is 0 Å². The molecule has 0 aliphatic carbocycles. The van der Waals surface area contributed by atoms with E-state index < -0.39 is 0 Å². The molecular formula is C11H23NOS. The molecule has 3 atom stereocenters. The third-order valence-electron chi connectivity index (χ3n) is 3.20. The maximum absolute atomic E-state index is 5.14. The van der Waals surface area contributed by atoms with Crippen LogP contribution in [-0.2, 0) is 4.74 Å². The first-order chi connectivity index (χ1) is 6.79. The molecule has 0 aromatic rings. The molecule has 0 saturated carbocycles. The molecule has 1 fully saturated rings. The summed E-state index contributed by atoms with van der Waals surface area (Å²) < 4.78 is 5.14. The molecule has 14 heavy (non-hydrogen) atoms. The molecule has 0 amide bonds. The highest BCUT2D eigenvalue weighted by Gasteiger charge is 2.27. The van der Waals surface area contributed by atoms with Crippen LogP contribution in [-0.4, -0.2) is 38.3 Å². The summed E-state index contributed by atoms with van der Waals surface area (Å²) in [5, 5.41) is 3.48. The number of methoxy groups -OCH3 is 1. The summed E-state index contributed by atoms with van der Waals surface area (Å²) in [6, 6.07) is 0.681. The zero-order chi connectivity index (χ0) is 10.4. The molecule has 84 valence electrons. The highest BCUT2D eigenvalue weighted by molar-refractivity contribution is 7.99. The zero-order valence-corrected chi connectivity index (χ0v) is 10.4. The molecule has 0 bridgehead atoms. The number of thioether (sulfide) groups is 1. The van der Waals surface area contributed by atoms with Gasteiger partial charge in [-0.15, -0.1) is 0 Å². The second-order valence-corrected chi connectivity index (χ2v) is 5.35. The zero-order valence-electron chi connectivity index (χ0n) is 9.58. The fourth-order valence-electron chi connectivity index (χ4n) is 2.30. The van der Waals surface area contributed by atoms with Gasteiger partial charge in [0.15, 0.2) is 0 Å². The Morgan fingerprint density at radius 3 is 2.86 bits per heavy atom. The van der Waals surface area contributed by atoms with Gasteiger partial charge >= 0.3 is 0 Å². The molecule has 1 aliphatic heterocycles. The van der Waals surface area contributed by atoms with E-state index in [2.05, 4.69) is 31.1 Å². The maximum atomic E-state index is 5.14. The van der Waals surface area contributed by atoms with Crippen molar-refractivity contribution in [1.82, 2.24) is 5.32 Å². The number of rotatable bonds is 6. The molecule has 3 heteroatoms. The molecule has 1 N–H and O–H groups in total. The summed E-state index contributed by atoms with van der Waals surface area (Å²) in [6.45, 7) is 3.22. The van der Waals surface area contributed by atoms with E-state index in [-0.39, 0.29) is 0 Å². The van der Waals surface area contributed by atoms with E-state index in [4.69, 9.17) is 4.74 Å². The van der Waals surface area contributed by atoms with E-state index in [1.165, 1.54) is 24.3 Å². The molecule has 0 aromatic carbocycles. The molecule has 0 aromatic heterocycles. The smallest absolute Gasteiger partial charge is 0.0465 e. The minimum Gasteiger partial charge on any atom is -0.385 e. The lowest BCUT2D eigenvalue weighted by atomic mass is 9.87. The van der Waals surface area contributed by atoms with Crippen molar-refractivity contribution in [2.75, 3.05) is 32.3 Å². The number of nitrogens with one attached hydrogen (secondary N) is 1. The Kier molecular flexibility index (Phi) is 5.90. The largest absolute Gasteiger partial charge is 0.385 e. The van der Waals surface area contributed by atoms with Crippen LogP contribution in [0.4, 0.5) is 0 Å². The van der Waals surface area contributed by atoms with Gasteiger partial charge in [-0.25, -0.2) is 0 Å². The second-order valence-electron chi connectivity index (χ2n) is 4.20. The van der Waals surface area contributed by atoms with Gasteiger partial charge in [0.1, 0.15) is 0 Å². The van der Waals surface area contributed by atoms with Crippen molar-refractivity contribution in [1.29, 1.82) is 0 Å². The highest BCUT2D eigenvalue weighted by Crippen LogP contribution is 2.30. The fraction of sp³-hybridized carbons (Fsp3) is 1.00. The Morgan fingerprint density at radius 2 is 2.36 bits per heavy atom. The average Bonchev–Trinajstić information content (AvgIpc) is 2.69. The quantitative estimate of drug-likeness (QED) is 0.735. The van der Waals surface area contributed by atoms with Gasteiger partial charge in [-0.3, -0.25) is 0 Å². The summed E-state index contributed by atoms with van der Waals surface area (Å²) in [5.41, 5.74) is 0. The Balaban J connectivity index is 2.34. The lowest BCUT2D eigenvalue weighted by Gasteiger charge is -2.28. The molecular weight excluding hydrogens is 194 g/mol. The lowest BCUT2D eigenvalue weighted by Crippen LogP contribution is -2.39. The van der Waals surface area contributed by atoms with Gasteiger partial charge in [0.25, 0.3) is 0 Å². The molecule has 0 spiro atoms. The SMILES string of the molecule is CNC(C(C)CCOC)C1CCSC1. The van der Waals surface area contributed by atoms with Crippen molar-refractivity contribution in [3.63, 3.8) is 0 Å². The monoisotopic (exact) mass is 217 g/mol. The highest BCUT2D eigenvalue weighted by atomic mass is 32.2. The van der Waals surface area contributed by atoms with Crippen molar-refractivity contribution in [3.8, 4) is 0 Å². The standard InChI is InChI=1S/C11H23NOS/c1-9(4-6-13-3)11(12-2)10-5-7-14-8-10/h9-12H,4-8H2,1-3H3. The van der Waals surface area contributed by atoms with Crippen LogP contribution < -0.4 is 5.32 Å². The van der Waals surface area contributed by atoms with Crippen LogP contribution in [0, 0.1) is 11.8 Å². The third kappa shape index (κ3) is 3.44. The van der Waals surface area contributed by atoms with E-state index in [0.29, 0.717) is 6.04 Å². The fourth-order valence-corrected chi connectivity index (χ4v) is 3.62. The normalized spacial score (nSPS) is 26.4. The van der Waals surface area contributed by atoms with Gasteiger partial charge in [-0.05, 0) is 43.2 Å². The molecule has 1 heterocycles. The van der Waals surface area contributed by atoms with Gasteiger partial charge in [0, 0.05) is 19.8 Å². The second kappa shape index (κ2) is 6.70. The number of hydrogen-bond acceptors (Lipinski definition) is 3. The summed E-state index contributed by atoms with van der Waals surface area (Å²) in [5.74, 6) is 4.28. The lowest BCUT2D eigenvalue weighted by molar-refractivity contribution is 0.162. The molecule has 1 saturated heterocycles. The van der Waals surface area contributed by atoms with Gasteiger partial charge in [-0.1, -0.05) is 6.92 Å². The number of ether oxygens (including phenoxy) is 1. The topological polar surface area (TPSA) is 21.3 Å². The predicted octanol–water partition coefficient (Wildman–Crippen LogP) is 2.00. The Morgan fingerprint density at radius 1 is 1.57 bits per heavy atom. The van der Waals surface area contributed by atoms with E-state index in [0.717, 1.165) is 18.4 Å². The minimum atomic E-state index is 0.681. The van der Waals surface area contributed by atoms with E-state index in [1.54, 1.807) is 7.11 Å². The maximum Gasteiger partial charge on any atom is 0.0465 e. The predicted molar refractivity (Wildman–Crippen MR) is 63.9 cm³/mol. The Bertz CT molecular complexity index is 148. The van der Waals surface area contributed by atoms with E-state index in [9.17, 15) is 0 Å². The summed E-state index contributed by atoms with van der Waals surface area (Å²) in [7, 11) is 3.88. The first-order valence-corrected chi connectivity index (χ1v) is 6.69. The van der Waals surface area contributed by atoms with Gasteiger partial charge in [-0.2, -0.15) is 11.8 Å². The Labute approximate surface area is 92.2 Å². The first-order valence-electron chi connectivity index (χ1n) is 5.53. The van der Waals surface area contributed by atoms with Crippen molar-refractivity contribution < 1.29 is 4.74 Å². The summed E-state index contributed by atoms with van der Waals surface area (Å²) in [6.07, 6.45) is 2.55. The summed E-state index contributed by atoms with van der Waals surface area (Å²) >= 11 is 2.10. The van der Waals surface area contributed by atoms with Crippen LogP contribution in [0.3, 0.4) is 0 Å². The first kappa shape index (κ1) is 12.3. The van der Waals surface area contributed by atoms with Crippen molar-refractivity contribution >= 4 is 11.8 Å². The summed E-state index contributed by atoms with van der Waals surface area (Å²) in [4.78, 5) is 0. The molecule has 3 unspecified atom stereocenters. The van der Waals surface area contributed by atoms with Gasteiger partial charge < -0.3 is 10.1 Å². The van der Waals surface area contributed by atoms with Crippen LogP contribution in [0.1, 0.15) is 19.8 Å². The van der Waals surface area contributed by atoms with Crippen molar-refractivity contribution in [2.24, 2.45) is 11.8 Å². The molecule has 0 radical (unpaired) electrons. The van der Waals surface area contributed by atoms with Crippen LogP contribution in [0.5, 0.6) is 0 Å². The van der Waals surface area contributed by atoms with Crippen molar-refractivity contribution in [2.45, 2.75) is 25.8 Å². The van der Waals surface area contributed by atoms with Crippen LogP contribution in [0.15, 0.2) is 0 Å². The van der Waals surface area contributed by atoms with Crippen molar-refractivity contribution in [3.05, 3.63) is 0 Å². The van der Waals surface area contributed by atoms with Crippen LogP contribution in [0.2, 0.25) is 0 Å². The van der Waals surface area contributed by atoms with Gasteiger partial charge in [0.2, 0.25) is 0 Å². The average molecular weight is 217 g/mol. The van der Waals surface area contributed by atoms with Crippen LogP contribution >= 0.6 is 11.8 Å². The number of hydrogen-bond donors (Lipinski definition) is 1. The molecule has 1 aliphatic rings.